The van der Waals surface area contributed by atoms with E-state index >= 15 is 0 Å². The molecule has 2 aromatic heterocycles. The predicted molar refractivity (Wildman–Crippen MR) is 158 cm³/mol. The quantitative estimate of drug-likeness (QED) is 0.358. The number of amides is 3. The van der Waals surface area contributed by atoms with E-state index in [0.717, 1.165) is 0 Å². The number of hydrogen-bond acceptors (Lipinski definition) is 8. The van der Waals surface area contributed by atoms with Crippen molar-refractivity contribution in [3.63, 3.8) is 0 Å². The molecule has 1 aromatic carbocycles. The van der Waals surface area contributed by atoms with Gasteiger partial charge in [-0.3, -0.25) is 23.7 Å². The molecule has 2 atom stereocenters. The average Bonchev–Trinajstić information content (AvgIpc) is 3.60. The molecular weight excluding hydrogens is 585 g/mol. The van der Waals surface area contributed by atoms with E-state index in [-0.39, 0.29) is 49.0 Å². The molecule has 2 fully saturated rings. The summed E-state index contributed by atoms with van der Waals surface area (Å²) in [5.74, 6) is -2.24. The molecule has 238 valence electrons. The van der Waals surface area contributed by atoms with Gasteiger partial charge in [0.1, 0.15) is 17.7 Å². The number of benzene rings is 1. The van der Waals surface area contributed by atoms with Gasteiger partial charge in [0.25, 0.3) is 17.4 Å². The van der Waals surface area contributed by atoms with Crippen LogP contribution in [-0.4, -0.2) is 72.6 Å². The number of rotatable bonds is 7. The summed E-state index contributed by atoms with van der Waals surface area (Å²) in [6.07, 6.45) is 5.38. The van der Waals surface area contributed by atoms with Gasteiger partial charge in [-0.25, -0.2) is 14.4 Å². The summed E-state index contributed by atoms with van der Waals surface area (Å²) in [4.78, 5) is 64.5. The summed E-state index contributed by atoms with van der Waals surface area (Å²) in [6, 6.07) is 3.56. The number of hydrogen-bond donors (Lipinski definition) is 3. The van der Waals surface area contributed by atoms with Crippen molar-refractivity contribution in [3.8, 4) is 5.75 Å². The van der Waals surface area contributed by atoms with Gasteiger partial charge in [0.05, 0.1) is 11.6 Å². The molecule has 45 heavy (non-hydrogen) atoms. The molecule has 0 unspecified atom stereocenters. The summed E-state index contributed by atoms with van der Waals surface area (Å²) in [5.41, 5.74) is -1.27. The first kappa shape index (κ1) is 30.4. The number of likely N-dealkylation sites (tertiary alicyclic amines) is 1. The number of nitrogens with one attached hydrogen (secondary N) is 2. The second-order valence-corrected chi connectivity index (χ2v) is 12.3. The van der Waals surface area contributed by atoms with Gasteiger partial charge in [0.15, 0.2) is 11.5 Å². The highest BCUT2D eigenvalue weighted by Gasteiger charge is 2.49. The molecule has 13 nitrogen and oxygen atoms in total. The number of carbonyl (C=O) groups excluding carboxylic acids is 3. The molecule has 1 saturated carbocycles. The van der Waals surface area contributed by atoms with Crippen LogP contribution in [0.3, 0.4) is 0 Å². The smallest absolute Gasteiger partial charge is 0.296 e. The topological polar surface area (TPSA) is 161 Å². The number of fused-ring (bicyclic) bond motifs is 2. The molecule has 1 aliphatic carbocycles. The molecular formula is C31H36FN7O6. The van der Waals surface area contributed by atoms with Crippen LogP contribution in [0.1, 0.15) is 70.2 Å². The molecule has 3 amide bonds. The molecule has 2 bridgehead atoms. The third-order valence-electron chi connectivity index (χ3n) is 9.40. The molecule has 7 rings (SSSR count). The fourth-order valence-electron chi connectivity index (χ4n) is 6.80. The maximum absolute atomic E-state index is 14.1. The van der Waals surface area contributed by atoms with Crippen molar-refractivity contribution in [2.75, 3.05) is 13.7 Å². The number of nitrogens with zero attached hydrogens (tertiary/aromatic N) is 5. The van der Waals surface area contributed by atoms with Gasteiger partial charge in [-0.2, -0.15) is 0 Å². The van der Waals surface area contributed by atoms with Gasteiger partial charge in [-0.15, -0.1) is 0 Å². The lowest BCUT2D eigenvalue weighted by molar-refractivity contribution is -0.127. The van der Waals surface area contributed by atoms with Gasteiger partial charge >= 0.3 is 0 Å². The van der Waals surface area contributed by atoms with Crippen molar-refractivity contribution >= 4 is 17.7 Å². The molecule has 0 radical (unpaired) electrons. The van der Waals surface area contributed by atoms with Crippen molar-refractivity contribution in [1.29, 1.82) is 0 Å². The molecule has 1 saturated heterocycles. The zero-order valence-corrected chi connectivity index (χ0v) is 25.4. The van der Waals surface area contributed by atoms with Crippen LogP contribution in [-0.2, 0) is 35.2 Å². The summed E-state index contributed by atoms with van der Waals surface area (Å²) >= 11 is 0. The molecule has 3 N–H and O–H groups in total. The van der Waals surface area contributed by atoms with Crippen LogP contribution in [0.2, 0.25) is 0 Å². The molecule has 0 spiro atoms. The Kier molecular flexibility index (Phi) is 7.93. The third-order valence-corrected chi connectivity index (χ3v) is 9.40. The minimum atomic E-state index is -1.11. The van der Waals surface area contributed by atoms with Crippen molar-refractivity contribution in [3.05, 3.63) is 75.2 Å². The number of imidazole rings is 1. The zero-order chi connectivity index (χ0) is 32.0. The largest absolute Gasteiger partial charge is 0.501 e. The average molecular weight is 622 g/mol. The van der Waals surface area contributed by atoms with Crippen LogP contribution in [0.15, 0.2) is 35.4 Å². The van der Waals surface area contributed by atoms with Crippen LogP contribution in [0.5, 0.6) is 5.75 Å². The summed E-state index contributed by atoms with van der Waals surface area (Å²) in [7, 11) is 3.23. The number of aryl methyl sites for hydroxylation is 2. The van der Waals surface area contributed by atoms with Gasteiger partial charge in [0, 0.05) is 52.6 Å². The van der Waals surface area contributed by atoms with Crippen molar-refractivity contribution in [1.82, 2.24) is 34.6 Å². The fourth-order valence-corrected chi connectivity index (χ4v) is 6.80. The molecule has 4 aliphatic rings. The number of ether oxygens (including phenoxy) is 1. The first-order valence-electron chi connectivity index (χ1n) is 15.0. The normalized spacial score (nSPS) is 23.8. The highest BCUT2D eigenvalue weighted by atomic mass is 19.1. The predicted octanol–water partition coefficient (Wildman–Crippen LogP) is 1.50. The molecule has 14 heteroatoms. The van der Waals surface area contributed by atoms with Crippen LogP contribution in [0.4, 0.5) is 4.39 Å². The molecule has 5 heterocycles. The number of carbonyl (C=O) groups is 3. The first-order valence-corrected chi connectivity index (χ1v) is 15.0. The second kappa shape index (κ2) is 11.7. The third kappa shape index (κ3) is 5.47. The summed E-state index contributed by atoms with van der Waals surface area (Å²) in [5, 5.41) is 16.6. The highest BCUT2D eigenvalue weighted by molar-refractivity contribution is 5.96. The number of methoxy groups -OCH3 is 1. The number of halogens is 1. The van der Waals surface area contributed by atoms with Crippen molar-refractivity contribution in [2.45, 2.75) is 69.8 Å². The lowest BCUT2D eigenvalue weighted by Crippen LogP contribution is -2.55. The zero-order valence-electron chi connectivity index (χ0n) is 25.4. The Bertz CT molecular complexity index is 1730. The van der Waals surface area contributed by atoms with Crippen molar-refractivity contribution in [2.24, 2.45) is 13.0 Å². The summed E-state index contributed by atoms with van der Waals surface area (Å²) in [6.45, 7) is 2.13. The van der Waals surface area contributed by atoms with E-state index in [0.29, 0.717) is 43.4 Å². The Hall–Kier alpha value is -4.59. The molecule has 3 aromatic rings. The number of aromatic hydroxyl groups is 1. The lowest BCUT2D eigenvalue weighted by Gasteiger charge is -2.38. The van der Waals surface area contributed by atoms with E-state index in [2.05, 4.69) is 20.6 Å². The Morgan fingerprint density at radius 2 is 1.96 bits per heavy atom. The van der Waals surface area contributed by atoms with Crippen LogP contribution in [0, 0.1) is 18.7 Å². The maximum Gasteiger partial charge on any atom is 0.296 e. The standard InChI is InChI=1S/C31H36FN7O6/c1-17-12-19(4-5-21(17)32)14-34-27(42)23-24(40)28(43)39-15-18-6-8-31(9-7-18,30(39)35-23)36-26(41)22-13-20(45-3)16-38(22)29(44)25-33-10-11-37(25)2/h4-5,10-12,18,20,22,40H,6-9,13-16H2,1-3H3,(H,34,42)(H,36,41)/t18?,20-,22-,31?/m0/s1. The van der Waals surface area contributed by atoms with E-state index < -0.39 is 46.3 Å². The lowest BCUT2D eigenvalue weighted by atomic mass is 9.77. The summed E-state index contributed by atoms with van der Waals surface area (Å²) < 4.78 is 22.2. The van der Waals surface area contributed by atoms with E-state index in [4.69, 9.17) is 4.74 Å². The van der Waals surface area contributed by atoms with Crippen LogP contribution in [0.25, 0.3) is 0 Å². The Morgan fingerprint density at radius 1 is 1.20 bits per heavy atom. The van der Waals surface area contributed by atoms with E-state index in [1.807, 2.05) is 0 Å². The highest BCUT2D eigenvalue weighted by Crippen LogP contribution is 2.43. The fraction of sp³-hybridized carbons (Fsp3) is 0.484. The Morgan fingerprint density at radius 3 is 2.62 bits per heavy atom. The minimum absolute atomic E-state index is 0.0195. The number of aromatic nitrogens is 4. The molecule has 3 aliphatic heterocycles. The maximum atomic E-state index is 14.1. The SMILES string of the molecule is CO[C@H]1C[C@@H](C(=O)NC23CCC(CC2)Cn2c3nc(C(=O)NCc3ccc(F)c(C)c3)c(O)c2=O)N(C(=O)c2nccn2C)C1. The Labute approximate surface area is 258 Å². The second-order valence-electron chi connectivity index (χ2n) is 12.3. The van der Waals surface area contributed by atoms with E-state index in [9.17, 15) is 28.7 Å². The van der Waals surface area contributed by atoms with Crippen LogP contribution < -0.4 is 16.2 Å². The van der Waals surface area contributed by atoms with Gasteiger partial charge < -0.3 is 29.9 Å². The van der Waals surface area contributed by atoms with Crippen LogP contribution >= 0.6 is 0 Å². The Balaban J connectivity index is 1.31. The van der Waals surface area contributed by atoms with E-state index in [1.54, 1.807) is 30.8 Å². The van der Waals surface area contributed by atoms with E-state index in [1.165, 1.54) is 34.9 Å². The monoisotopic (exact) mass is 621 g/mol. The minimum Gasteiger partial charge on any atom is -0.501 e. The van der Waals surface area contributed by atoms with Gasteiger partial charge in [-0.05, 0) is 55.7 Å². The van der Waals surface area contributed by atoms with Gasteiger partial charge in [-0.1, -0.05) is 12.1 Å². The first-order chi connectivity index (χ1) is 21.5. The van der Waals surface area contributed by atoms with Gasteiger partial charge in [0.2, 0.25) is 11.7 Å². The van der Waals surface area contributed by atoms with Crippen molar-refractivity contribution < 1.29 is 28.6 Å².